The molecule has 0 fully saturated rings. The molecule has 0 aliphatic rings. The number of para-hydroxylation sites is 1. The number of rotatable bonds is 3. The SMILES string of the molecule is Cc1csc(-c2cc(C(=O)c3ccccc3O)c[nH]2)n1. The van der Waals surface area contributed by atoms with Crippen molar-refractivity contribution in [2.75, 3.05) is 0 Å². The molecule has 2 heterocycles. The molecule has 0 bridgehead atoms. The molecule has 0 saturated heterocycles. The highest BCUT2D eigenvalue weighted by atomic mass is 32.1. The quantitative estimate of drug-likeness (QED) is 0.725. The van der Waals surface area contributed by atoms with Gasteiger partial charge in [0.15, 0.2) is 5.78 Å². The van der Waals surface area contributed by atoms with E-state index in [9.17, 15) is 9.90 Å². The number of H-pyrrole nitrogens is 1. The lowest BCUT2D eigenvalue weighted by Crippen LogP contribution is -1.99. The van der Waals surface area contributed by atoms with Gasteiger partial charge in [-0.2, -0.15) is 0 Å². The number of aryl methyl sites for hydroxylation is 1. The van der Waals surface area contributed by atoms with Gasteiger partial charge in [-0.25, -0.2) is 4.98 Å². The first-order chi connectivity index (χ1) is 9.65. The molecular formula is C15H12N2O2S. The van der Waals surface area contributed by atoms with E-state index in [0.29, 0.717) is 11.1 Å². The molecule has 1 aromatic carbocycles. The third kappa shape index (κ3) is 2.23. The maximum Gasteiger partial charge on any atom is 0.198 e. The van der Waals surface area contributed by atoms with Crippen molar-refractivity contribution in [2.24, 2.45) is 0 Å². The topological polar surface area (TPSA) is 66.0 Å². The summed E-state index contributed by atoms with van der Waals surface area (Å²) in [6, 6.07) is 8.29. The van der Waals surface area contributed by atoms with Crippen LogP contribution in [0.2, 0.25) is 0 Å². The van der Waals surface area contributed by atoms with Gasteiger partial charge in [0.05, 0.1) is 11.3 Å². The predicted octanol–water partition coefficient (Wildman–Crippen LogP) is 3.38. The van der Waals surface area contributed by atoms with Crippen molar-refractivity contribution in [1.29, 1.82) is 0 Å². The Morgan fingerprint density at radius 1 is 1.35 bits per heavy atom. The largest absolute Gasteiger partial charge is 0.507 e. The molecule has 0 aliphatic heterocycles. The van der Waals surface area contributed by atoms with E-state index in [0.717, 1.165) is 16.4 Å². The monoisotopic (exact) mass is 284 g/mol. The Morgan fingerprint density at radius 2 is 2.15 bits per heavy atom. The summed E-state index contributed by atoms with van der Waals surface area (Å²) in [4.78, 5) is 19.7. The fourth-order valence-corrected chi connectivity index (χ4v) is 2.72. The van der Waals surface area contributed by atoms with Crippen LogP contribution >= 0.6 is 11.3 Å². The highest BCUT2D eigenvalue weighted by Crippen LogP contribution is 2.25. The van der Waals surface area contributed by atoms with Gasteiger partial charge in [0.2, 0.25) is 0 Å². The fraction of sp³-hybridized carbons (Fsp3) is 0.0667. The van der Waals surface area contributed by atoms with E-state index in [-0.39, 0.29) is 11.5 Å². The molecular weight excluding hydrogens is 272 g/mol. The summed E-state index contributed by atoms with van der Waals surface area (Å²) < 4.78 is 0. The standard InChI is InChI=1S/C15H12N2O2S/c1-9-8-20-15(17-9)12-6-10(7-16-12)14(19)11-4-2-3-5-13(11)18/h2-8,16,18H,1H3. The summed E-state index contributed by atoms with van der Waals surface area (Å²) in [6.45, 7) is 1.93. The van der Waals surface area contributed by atoms with Crippen LogP contribution in [0.3, 0.4) is 0 Å². The summed E-state index contributed by atoms with van der Waals surface area (Å²) in [5.41, 5.74) is 2.57. The number of aromatic nitrogens is 2. The molecule has 0 saturated carbocycles. The molecule has 0 spiro atoms. The summed E-state index contributed by atoms with van der Waals surface area (Å²) in [5, 5.41) is 12.5. The first-order valence-corrected chi connectivity index (χ1v) is 6.97. The smallest absolute Gasteiger partial charge is 0.198 e. The van der Waals surface area contributed by atoms with Crippen LogP contribution in [-0.2, 0) is 0 Å². The highest BCUT2D eigenvalue weighted by molar-refractivity contribution is 7.13. The van der Waals surface area contributed by atoms with Crippen LogP contribution < -0.4 is 0 Å². The van der Waals surface area contributed by atoms with Crippen molar-refractivity contribution in [3.8, 4) is 16.5 Å². The second-order valence-corrected chi connectivity index (χ2v) is 5.30. The van der Waals surface area contributed by atoms with Crippen LogP contribution in [0.25, 0.3) is 10.7 Å². The minimum absolute atomic E-state index is 0.00894. The first kappa shape index (κ1) is 12.6. The van der Waals surface area contributed by atoms with Crippen molar-refractivity contribution >= 4 is 17.1 Å². The van der Waals surface area contributed by atoms with Gasteiger partial charge in [0, 0.05) is 22.8 Å². The predicted molar refractivity (Wildman–Crippen MR) is 78.2 cm³/mol. The molecule has 0 atom stereocenters. The van der Waals surface area contributed by atoms with Gasteiger partial charge < -0.3 is 10.1 Å². The first-order valence-electron chi connectivity index (χ1n) is 6.09. The lowest BCUT2D eigenvalue weighted by Gasteiger charge is -2.00. The van der Waals surface area contributed by atoms with E-state index in [2.05, 4.69) is 9.97 Å². The third-order valence-electron chi connectivity index (χ3n) is 2.94. The summed E-state index contributed by atoms with van der Waals surface area (Å²) in [7, 11) is 0. The van der Waals surface area contributed by atoms with E-state index >= 15 is 0 Å². The van der Waals surface area contributed by atoms with Gasteiger partial charge in [-0.05, 0) is 25.1 Å². The maximum atomic E-state index is 12.3. The number of ketones is 1. The lowest BCUT2D eigenvalue weighted by atomic mass is 10.1. The van der Waals surface area contributed by atoms with Crippen molar-refractivity contribution in [1.82, 2.24) is 9.97 Å². The van der Waals surface area contributed by atoms with Gasteiger partial charge in [-0.3, -0.25) is 4.79 Å². The normalized spacial score (nSPS) is 10.7. The molecule has 0 radical (unpaired) electrons. The number of carbonyl (C=O) groups excluding carboxylic acids is 1. The second kappa shape index (κ2) is 4.94. The Labute approximate surface area is 119 Å². The molecule has 0 aliphatic carbocycles. The summed E-state index contributed by atoms with van der Waals surface area (Å²) in [6.07, 6.45) is 1.64. The van der Waals surface area contributed by atoms with E-state index in [4.69, 9.17) is 0 Å². The average molecular weight is 284 g/mol. The number of carbonyl (C=O) groups is 1. The van der Waals surface area contributed by atoms with Crippen molar-refractivity contribution in [2.45, 2.75) is 6.92 Å². The van der Waals surface area contributed by atoms with Gasteiger partial charge in [0.25, 0.3) is 0 Å². The van der Waals surface area contributed by atoms with Crippen LogP contribution in [0.15, 0.2) is 41.9 Å². The molecule has 5 heteroatoms. The summed E-state index contributed by atoms with van der Waals surface area (Å²) >= 11 is 1.52. The van der Waals surface area contributed by atoms with Gasteiger partial charge in [-0.15, -0.1) is 11.3 Å². The van der Waals surface area contributed by atoms with E-state index in [1.165, 1.54) is 17.4 Å². The number of benzene rings is 1. The molecule has 0 unspecified atom stereocenters. The molecule has 2 N–H and O–H groups in total. The minimum atomic E-state index is -0.209. The Bertz CT molecular complexity index is 774. The highest BCUT2D eigenvalue weighted by Gasteiger charge is 2.15. The van der Waals surface area contributed by atoms with Crippen molar-refractivity contribution in [3.05, 3.63) is 58.7 Å². The van der Waals surface area contributed by atoms with Crippen LogP contribution in [0, 0.1) is 6.92 Å². The third-order valence-corrected chi connectivity index (χ3v) is 3.94. The number of hydrogen-bond acceptors (Lipinski definition) is 4. The van der Waals surface area contributed by atoms with Gasteiger partial charge in [-0.1, -0.05) is 12.1 Å². The van der Waals surface area contributed by atoms with Crippen LogP contribution in [0.1, 0.15) is 21.6 Å². The average Bonchev–Trinajstić information content (AvgIpc) is 3.07. The number of aromatic amines is 1. The van der Waals surface area contributed by atoms with Crippen LogP contribution in [0.5, 0.6) is 5.75 Å². The van der Waals surface area contributed by atoms with Crippen molar-refractivity contribution in [3.63, 3.8) is 0 Å². The second-order valence-electron chi connectivity index (χ2n) is 4.44. The van der Waals surface area contributed by atoms with E-state index < -0.39 is 0 Å². The zero-order valence-corrected chi connectivity index (χ0v) is 11.6. The Kier molecular flexibility index (Phi) is 3.12. The fourth-order valence-electron chi connectivity index (χ4n) is 1.95. The lowest BCUT2D eigenvalue weighted by molar-refractivity contribution is 0.103. The Morgan fingerprint density at radius 3 is 2.85 bits per heavy atom. The number of nitrogens with one attached hydrogen (secondary N) is 1. The van der Waals surface area contributed by atoms with E-state index in [1.807, 2.05) is 12.3 Å². The Hall–Kier alpha value is -2.40. The number of phenols is 1. The molecule has 20 heavy (non-hydrogen) atoms. The van der Waals surface area contributed by atoms with Crippen LogP contribution in [-0.4, -0.2) is 20.9 Å². The van der Waals surface area contributed by atoms with Crippen molar-refractivity contribution < 1.29 is 9.90 Å². The molecule has 0 amide bonds. The molecule has 100 valence electrons. The zero-order chi connectivity index (χ0) is 14.1. The summed E-state index contributed by atoms with van der Waals surface area (Å²) in [5.74, 6) is -0.218. The molecule has 3 rings (SSSR count). The molecule has 2 aromatic heterocycles. The number of hydrogen-bond donors (Lipinski definition) is 2. The van der Waals surface area contributed by atoms with Crippen LogP contribution in [0.4, 0.5) is 0 Å². The maximum absolute atomic E-state index is 12.3. The number of nitrogens with zero attached hydrogens (tertiary/aromatic N) is 1. The minimum Gasteiger partial charge on any atom is -0.507 e. The number of aromatic hydroxyl groups is 1. The molecule has 3 aromatic rings. The number of phenolic OH excluding ortho intramolecular Hbond substituents is 1. The Balaban J connectivity index is 1.94. The molecule has 4 nitrogen and oxygen atoms in total. The zero-order valence-electron chi connectivity index (χ0n) is 10.8. The van der Waals surface area contributed by atoms with Gasteiger partial charge >= 0.3 is 0 Å². The van der Waals surface area contributed by atoms with E-state index in [1.54, 1.807) is 30.5 Å². The number of thiazole rings is 1. The van der Waals surface area contributed by atoms with Gasteiger partial charge in [0.1, 0.15) is 10.8 Å².